The molecule has 4 nitrogen and oxygen atoms in total. The number of thioether (sulfide) groups is 1. The number of rotatable bonds is 5. The molecule has 5 heteroatoms. The quantitative estimate of drug-likeness (QED) is 0.644. The van der Waals surface area contributed by atoms with Crippen LogP contribution in [0.1, 0.15) is 30.9 Å². The second-order valence-corrected chi connectivity index (χ2v) is 6.70. The summed E-state index contributed by atoms with van der Waals surface area (Å²) in [6, 6.07) is 2.06. The molecule has 108 valence electrons. The van der Waals surface area contributed by atoms with Crippen LogP contribution in [0.5, 0.6) is 0 Å². The van der Waals surface area contributed by atoms with Crippen LogP contribution in [0.4, 0.5) is 0 Å². The lowest BCUT2D eigenvalue weighted by Gasteiger charge is -2.23. The molecule has 0 spiro atoms. The van der Waals surface area contributed by atoms with Gasteiger partial charge in [0.25, 0.3) is 0 Å². The van der Waals surface area contributed by atoms with E-state index in [2.05, 4.69) is 41.8 Å². The summed E-state index contributed by atoms with van der Waals surface area (Å²) in [7, 11) is 1.79. The van der Waals surface area contributed by atoms with Crippen LogP contribution >= 0.6 is 11.8 Å². The predicted octanol–water partition coefficient (Wildman–Crippen LogP) is 2.70. The Balaban J connectivity index is 2.48. The molecule has 1 heterocycles. The molecule has 0 atom stereocenters. The zero-order valence-electron chi connectivity index (χ0n) is 12.8. The Morgan fingerprint density at radius 2 is 2.05 bits per heavy atom. The van der Waals surface area contributed by atoms with Gasteiger partial charge in [-0.2, -0.15) is 11.8 Å². The van der Waals surface area contributed by atoms with Gasteiger partial charge >= 0.3 is 0 Å². The number of hydrogen-bond donors (Lipinski definition) is 2. The first-order chi connectivity index (χ1) is 8.88. The molecule has 0 aromatic carbocycles. The monoisotopic (exact) mass is 283 g/mol. The smallest absolute Gasteiger partial charge is 0.191 e. The minimum Gasteiger partial charge on any atom is -0.466 e. The molecule has 0 aliphatic rings. The van der Waals surface area contributed by atoms with Crippen LogP contribution in [-0.4, -0.2) is 30.6 Å². The Morgan fingerprint density at radius 3 is 2.53 bits per heavy atom. The zero-order chi connectivity index (χ0) is 14.5. The Morgan fingerprint density at radius 1 is 1.37 bits per heavy atom. The summed E-state index contributed by atoms with van der Waals surface area (Å²) >= 11 is 1.84. The molecule has 0 aliphatic heterocycles. The first kappa shape index (κ1) is 16.0. The molecule has 0 amide bonds. The van der Waals surface area contributed by atoms with Crippen molar-refractivity contribution in [2.45, 2.75) is 39.0 Å². The van der Waals surface area contributed by atoms with Crippen LogP contribution < -0.4 is 10.6 Å². The molecule has 0 unspecified atom stereocenters. The minimum atomic E-state index is 0.194. The molecular formula is C14H25N3OS. The maximum absolute atomic E-state index is 5.51. The topological polar surface area (TPSA) is 49.6 Å². The molecule has 1 aromatic rings. The van der Waals surface area contributed by atoms with Gasteiger partial charge in [-0.1, -0.05) is 0 Å². The summed E-state index contributed by atoms with van der Waals surface area (Å²) in [6.07, 6.45) is 2.12. The van der Waals surface area contributed by atoms with Gasteiger partial charge in [0.1, 0.15) is 11.5 Å². The van der Waals surface area contributed by atoms with Gasteiger partial charge in [-0.05, 0) is 40.0 Å². The van der Waals surface area contributed by atoms with E-state index in [9.17, 15) is 0 Å². The van der Waals surface area contributed by atoms with E-state index >= 15 is 0 Å². The third-order valence-corrected chi connectivity index (χ3v) is 4.30. The van der Waals surface area contributed by atoms with E-state index in [4.69, 9.17) is 4.42 Å². The third-order valence-electron chi connectivity index (χ3n) is 3.05. The van der Waals surface area contributed by atoms with E-state index in [0.29, 0.717) is 0 Å². The molecule has 0 fully saturated rings. The normalized spacial score (nSPS) is 12.6. The molecular weight excluding hydrogens is 258 g/mol. The predicted molar refractivity (Wildman–Crippen MR) is 84.0 cm³/mol. The van der Waals surface area contributed by atoms with E-state index in [-0.39, 0.29) is 4.75 Å². The molecule has 1 rings (SSSR count). The van der Waals surface area contributed by atoms with Crippen molar-refractivity contribution >= 4 is 17.7 Å². The molecule has 0 saturated carbocycles. The lowest BCUT2D eigenvalue weighted by Crippen LogP contribution is -2.43. The number of guanidine groups is 1. The minimum absolute atomic E-state index is 0.194. The second kappa shape index (κ2) is 6.89. The molecule has 0 bridgehead atoms. The lowest BCUT2D eigenvalue weighted by molar-refractivity contribution is 0.500. The maximum Gasteiger partial charge on any atom is 0.191 e. The largest absolute Gasteiger partial charge is 0.466 e. The van der Waals surface area contributed by atoms with Gasteiger partial charge in [-0.25, -0.2) is 0 Å². The van der Waals surface area contributed by atoms with Gasteiger partial charge in [-0.15, -0.1) is 0 Å². The standard InChI is InChI=1S/C14H25N3OS/c1-10-7-12(11(2)18-10)8-16-13(15-5)17-9-14(3,4)19-6/h7H,8-9H2,1-6H3,(H2,15,16,17). The summed E-state index contributed by atoms with van der Waals surface area (Å²) in [6.45, 7) is 9.96. The summed E-state index contributed by atoms with van der Waals surface area (Å²) in [4.78, 5) is 4.23. The fraction of sp³-hybridized carbons (Fsp3) is 0.643. The van der Waals surface area contributed by atoms with Crippen LogP contribution in [0, 0.1) is 13.8 Å². The summed E-state index contributed by atoms with van der Waals surface area (Å²) in [5, 5.41) is 6.65. The Kier molecular flexibility index (Phi) is 5.79. The number of nitrogens with one attached hydrogen (secondary N) is 2. The maximum atomic E-state index is 5.51. The van der Waals surface area contributed by atoms with Gasteiger partial charge in [0, 0.05) is 30.4 Å². The van der Waals surface area contributed by atoms with E-state index < -0.39 is 0 Å². The van der Waals surface area contributed by atoms with Crippen molar-refractivity contribution in [3.63, 3.8) is 0 Å². The Labute approximate surface area is 120 Å². The average Bonchev–Trinajstić information content (AvgIpc) is 2.68. The van der Waals surface area contributed by atoms with Crippen molar-refractivity contribution in [3.05, 3.63) is 23.2 Å². The van der Waals surface area contributed by atoms with Gasteiger partial charge in [0.05, 0.1) is 0 Å². The van der Waals surface area contributed by atoms with Crippen molar-refractivity contribution < 1.29 is 4.42 Å². The van der Waals surface area contributed by atoms with Crippen LogP contribution in [0.15, 0.2) is 15.5 Å². The second-order valence-electron chi connectivity index (χ2n) is 5.18. The van der Waals surface area contributed by atoms with Crippen molar-refractivity contribution in [2.75, 3.05) is 19.8 Å². The summed E-state index contributed by atoms with van der Waals surface area (Å²) in [5.41, 5.74) is 1.17. The molecule has 0 aliphatic carbocycles. The van der Waals surface area contributed by atoms with Crippen molar-refractivity contribution in [3.8, 4) is 0 Å². The molecule has 0 radical (unpaired) electrons. The number of nitrogens with zero attached hydrogens (tertiary/aromatic N) is 1. The SMILES string of the molecule is CN=C(NCc1cc(C)oc1C)NCC(C)(C)SC. The number of aryl methyl sites for hydroxylation is 2. The van der Waals surface area contributed by atoms with Gasteiger partial charge in [-0.3, -0.25) is 4.99 Å². The average molecular weight is 283 g/mol. The van der Waals surface area contributed by atoms with Crippen molar-refractivity contribution in [2.24, 2.45) is 4.99 Å². The number of hydrogen-bond acceptors (Lipinski definition) is 3. The van der Waals surface area contributed by atoms with E-state index in [1.54, 1.807) is 7.05 Å². The van der Waals surface area contributed by atoms with Crippen LogP contribution in [0.2, 0.25) is 0 Å². The lowest BCUT2D eigenvalue weighted by atomic mass is 10.2. The summed E-state index contributed by atoms with van der Waals surface area (Å²) in [5.74, 6) is 2.73. The van der Waals surface area contributed by atoms with Gasteiger partial charge in [0.15, 0.2) is 5.96 Å². The zero-order valence-corrected chi connectivity index (χ0v) is 13.6. The number of aliphatic imine (C=N–C) groups is 1. The highest BCUT2D eigenvalue weighted by Gasteiger charge is 2.16. The van der Waals surface area contributed by atoms with Crippen molar-refractivity contribution in [1.82, 2.24) is 10.6 Å². The Bertz CT molecular complexity index is 438. The van der Waals surface area contributed by atoms with E-state index in [1.807, 2.05) is 25.6 Å². The first-order valence-electron chi connectivity index (χ1n) is 6.43. The van der Waals surface area contributed by atoms with E-state index in [1.165, 1.54) is 5.56 Å². The van der Waals surface area contributed by atoms with E-state index in [0.717, 1.165) is 30.6 Å². The molecule has 1 aromatic heterocycles. The van der Waals surface area contributed by atoms with Gasteiger partial charge < -0.3 is 15.1 Å². The van der Waals surface area contributed by atoms with Gasteiger partial charge in [0.2, 0.25) is 0 Å². The fourth-order valence-electron chi connectivity index (χ4n) is 1.63. The van der Waals surface area contributed by atoms with Crippen LogP contribution in [0.25, 0.3) is 0 Å². The molecule has 2 N–H and O–H groups in total. The van der Waals surface area contributed by atoms with Crippen LogP contribution in [-0.2, 0) is 6.54 Å². The highest BCUT2D eigenvalue weighted by atomic mass is 32.2. The fourth-order valence-corrected chi connectivity index (χ4v) is 1.84. The Hall–Kier alpha value is -1.10. The highest BCUT2D eigenvalue weighted by molar-refractivity contribution is 7.99. The highest BCUT2D eigenvalue weighted by Crippen LogP contribution is 2.19. The summed E-state index contributed by atoms with van der Waals surface area (Å²) < 4.78 is 5.70. The first-order valence-corrected chi connectivity index (χ1v) is 7.66. The van der Waals surface area contributed by atoms with Crippen LogP contribution in [0.3, 0.4) is 0 Å². The third kappa shape index (κ3) is 5.19. The van der Waals surface area contributed by atoms with Crippen molar-refractivity contribution in [1.29, 1.82) is 0 Å². The molecule has 0 saturated heterocycles. The number of furan rings is 1. The molecule has 19 heavy (non-hydrogen) atoms.